The molecular formula is C18H13N3S3. The summed E-state index contributed by atoms with van der Waals surface area (Å²) in [6, 6.07) is 16.2. The molecule has 24 heavy (non-hydrogen) atoms. The molecular weight excluding hydrogens is 354 g/mol. The molecule has 0 spiro atoms. The first-order valence-corrected chi connectivity index (χ1v) is 10.1. The molecule has 0 atom stereocenters. The van der Waals surface area contributed by atoms with E-state index in [-0.39, 0.29) is 0 Å². The Hall–Kier alpha value is -2.02. The minimum atomic E-state index is 0.824. The molecule has 0 fully saturated rings. The third-order valence-electron chi connectivity index (χ3n) is 3.33. The van der Waals surface area contributed by atoms with E-state index < -0.39 is 0 Å². The molecule has 0 radical (unpaired) electrons. The molecule has 6 heteroatoms. The summed E-state index contributed by atoms with van der Waals surface area (Å²) in [7, 11) is 0. The van der Waals surface area contributed by atoms with Gasteiger partial charge in [-0.05, 0) is 12.1 Å². The highest BCUT2D eigenvalue weighted by molar-refractivity contribution is 8.00. The second-order valence-electron chi connectivity index (χ2n) is 5.01. The largest absolute Gasteiger partial charge is 0.254 e. The number of nitrogens with zero attached hydrogens (tertiary/aromatic N) is 3. The first-order valence-electron chi connectivity index (χ1n) is 7.38. The molecule has 3 aromatic heterocycles. The summed E-state index contributed by atoms with van der Waals surface area (Å²) in [6.45, 7) is 0. The van der Waals surface area contributed by atoms with Gasteiger partial charge in [0, 0.05) is 28.3 Å². The number of rotatable bonds is 5. The number of thiazole rings is 2. The number of aromatic nitrogens is 3. The third kappa shape index (κ3) is 3.56. The Balaban J connectivity index is 1.43. The van der Waals surface area contributed by atoms with Crippen LogP contribution < -0.4 is 0 Å². The van der Waals surface area contributed by atoms with E-state index in [1.807, 2.05) is 36.4 Å². The van der Waals surface area contributed by atoms with Crippen LogP contribution in [0, 0.1) is 0 Å². The van der Waals surface area contributed by atoms with E-state index >= 15 is 0 Å². The van der Waals surface area contributed by atoms with E-state index in [0.29, 0.717) is 0 Å². The van der Waals surface area contributed by atoms with Gasteiger partial charge in [0.2, 0.25) is 0 Å². The first kappa shape index (κ1) is 15.5. The normalized spacial score (nSPS) is 10.8. The summed E-state index contributed by atoms with van der Waals surface area (Å²) in [5, 5.41) is 5.18. The van der Waals surface area contributed by atoms with Crippen LogP contribution in [-0.4, -0.2) is 15.0 Å². The molecule has 118 valence electrons. The van der Waals surface area contributed by atoms with Crippen molar-refractivity contribution in [1.29, 1.82) is 0 Å². The standard InChI is InChI=1S/C18H13N3S3/c1-2-6-13(7-3-1)16-12-24-18(21-16)23-11-14-10-22-17(20-14)15-8-4-5-9-19-15/h1-10,12H,11H2. The fraction of sp³-hybridized carbons (Fsp3) is 0.0556. The first-order chi connectivity index (χ1) is 11.9. The summed E-state index contributed by atoms with van der Waals surface area (Å²) in [4.78, 5) is 13.7. The van der Waals surface area contributed by atoms with Crippen molar-refractivity contribution in [2.24, 2.45) is 0 Å². The van der Waals surface area contributed by atoms with E-state index in [1.54, 1.807) is 40.6 Å². The number of thioether (sulfide) groups is 1. The van der Waals surface area contributed by atoms with Crippen LogP contribution in [0.25, 0.3) is 22.0 Å². The molecule has 3 heterocycles. The lowest BCUT2D eigenvalue weighted by Gasteiger charge is -1.96. The molecule has 3 nitrogen and oxygen atoms in total. The summed E-state index contributed by atoms with van der Waals surface area (Å²) in [5.41, 5.74) is 4.20. The SMILES string of the molecule is c1ccc(-c2csc(SCc3csc(-c4ccccn4)n3)n2)cc1. The molecule has 0 bridgehead atoms. The maximum Gasteiger partial charge on any atom is 0.150 e. The number of benzene rings is 1. The Morgan fingerprint density at radius 2 is 1.71 bits per heavy atom. The minimum absolute atomic E-state index is 0.824. The smallest absolute Gasteiger partial charge is 0.150 e. The van der Waals surface area contributed by atoms with Crippen LogP contribution in [0.15, 0.2) is 69.8 Å². The average Bonchev–Trinajstić information content (AvgIpc) is 3.31. The van der Waals surface area contributed by atoms with Crippen LogP contribution in [-0.2, 0) is 5.75 Å². The van der Waals surface area contributed by atoms with Crippen molar-refractivity contribution >= 4 is 34.4 Å². The van der Waals surface area contributed by atoms with Crippen molar-refractivity contribution < 1.29 is 0 Å². The third-order valence-corrected chi connectivity index (χ3v) is 6.30. The Bertz CT molecular complexity index is 839. The van der Waals surface area contributed by atoms with Crippen LogP contribution in [0.1, 0.15) is 5.69 Å². The van der Waals surface area contributed by atoms with Crippen molar-refractivity contribution in [2.75, 3.05) is 0 Å². The van der Waals surface area contributed by atoms with Crippen molar-refractivity contribution in [3.8, 4) is 22.0 Å². The van der Waals surface area contributed by atoms with Crippen LogP contribution in [0.4, 0.5) is 0 Å². The summed E-state index contributed by atoms with van der Waals surface area (Å²) in [6.07, 6.45) is 1.80. The van der Waals surface area contributed by atoms with Gasteiger partial charge in [-0.2, -0.15) is 0 Å². The average molecular weight is 368 g/mol. The summed E-state index contributed by atoms with van der Waals surface area (Å²) >= 11 is 5.05. The van der Waals surface area contributed by atoms with Gasteiger partial charge < -0.3 is 0 Å². The molecule has 0 aliphatic rings. The Morgan fingerprint density at radius 1 is 0.833 bits per heavy atom. The molecule has 0 amide bonds. The highest BCUT2D eigenvalue weighted by Crippen LogP contribution is 2.31. The van der Waals surface area contributed by atoms with Gasteiger partial charge in [-0.3, -0.25) is 4.98 Å². The molecule has 0 saturated carbocycles. The predicted octanol–water partition coefficient (Wildman–Crippen LogP) is 5.62. The molecule has 4 rings (SSSR count). The van der Waals surface area contributed by atoms with Crippen molar-refractivity contribution in [1.82, 2.24) is 15.0 Å². The van der Waals surface area contributed by atoms with Crippen LogP contribution in [0.2, 0.25) is 0 Å². The second kappa shape index (κ2) is 7.25. The van der Waals surface area contributed by atoms with Gasteiger partial charge in [0.05, 0.1) is 17.1 Å². The second-order valence-corrected chi connectivity index (χ2v) is 7.95. The zero-order valence-electron chi connectivity index (χ0n) is 12.6. The van der Waals surface area contributed by atoms with Gasteiger partial charge in [-0.25, -0.2) is 9.97 Å². The maximum atomic E-state index is 4.71. The van der Waals surface area contributed by atoms with E-state index in [0.717, 1.165) is 37.7 Å². The predicted molar refractivity (Wildman–Crippen MR) is 102 cm³/mol. The maximum absolute atomic E-state index is 4.71. The fourth-order valence-corrected chi connectivity index (χ4v) is 4.81. The van der Waals surface area contributed by atoms with Gasteiger partial charge in [0.25, 0.3) is 0 Å². The lowest BCUT2D eigenvalue weighted by atomic mass is 10.2. The number of hydrogen-bond donors (Lipinski definition) is 0. The number of pyridine rings is 1. The zero-order chi connectivity index (χ0) is 16.2. The van der Waals surface area contributed by atoms with E-state index in [2.05, 4.69) is 32.9 Å². The molecule has 1 aromatic carbocycles. The van der Waals surface area contributed by atoms with Crippen molar-refractivity contribution in [2.45, 2.75) is 10.1 Å². The van der Waals surface area contributed by atoms with Gasteiger partial charge >= 0.3 is 0 Å². The zero-order valence-corrected chi connectivity index (χ0v) is 15.1. The van der Waals surface area contributed by atoms with Crippen LogP contribution in [0.5, 0.6) is 0 Å². The molecule has 0 N–H and O–H groups in total. The highest BCUT2D eigenvalue weighted by Gasteiger charge is 2.08. The molecule has 0 unspecified atom stereocenters. The Labute approximate surface area is 152 Å². The molecule has 0 aliphatic carbocycles. The Morgan fingerprint density at radius 3 is 2.54 bits per heavy atom. The highest BCUT2D eigenvalue weighted by atomic mass is 32.2. The van der Waals surface area contributed by atoms with E-state index in [1.165, 1.54) is 0 Å². The Kier molecular flexibility index (Phi) is 4.69. The lowest BCUT2D eigenvalue weighted by Crippen LogP contribution is -1.84. The van der Waals surface area contributed by atoms with Gasteiger partial charge in [0.1, 0.15) is 5.01 Å². The van der Waals surface area contributed by atoms with Gasteiger partial charge in [0.15, 0.2) is 4.34 Å². The fourth-order valence-electron chi connectivity index (χ4n) is 2.18. The summed E-state index contributed by atoms with van der Waals surface area (Å²) in [5.74, 6) is 0.824. The quantitative estimate of drug-likeness (QED) is 0.429. The lowest BCUT2D eigenvalue weighted by molar-refractivity contribution is 1.20. The summed E-state index contributed by atoms with van der Waals surface area (Å²) < 4.78 is 1.07. The van der Waals surface area contributed by atoms with E-state index in [9.17, 15) is 0 Å². The monoisotopic (exact) mass is 367 g/mol. The minimum Gasteiger partial charge on any atom is -0.254 e. The number of hydrogen-bond acceptors (Lipinski definition) is 6. The van der Waals surface area contributed by atoms with Crippen molar-refractivity contribution in [3.05, 3.63) is 71.2 Å². The molecule has 0 saturated heterocycles. The van der Waals surface area contributed by atoms with Gasteiger partial charge in [-0.1, -0.05) is 48.2 Å². The van der Waals surface area contributed by atoms with Crippen LogP contribution in [0.3, 0.4) is 0 Å². The molecule has 0 aliphatic heterocycles. The molecule has 4 aromatic rings. The topological polar surface area (TPSA) is 38.7 Å². The van der Waals surface area contributed by atoms with Gasteiger partial charge in [-0.15, -0.1) is 22.7 Å². The van der Waals surface area contributed by atoms with Crippen molar-refractivity contribution in [3.63, 3.8) is 0 Å². The van der Waals surface area contributed by atoms with Crippen LogP contribution >= 0.6 is 34.4 Å². The van der Waals surface area contributed by atoms with E-state index in [4.69, 9.17) is 4.98 Å².